The van der Waals surface area contributed by atoms with Gasteiger partial charge in [-0.25, -0.2) is 14.8 Å². The van der Waals surface area contributed by atoms with Crippen LogP contribution >= 0.6 is 0 Å². The lowest BCUT2D eigenvalue weighted by atomic mass is 10.2. The Labute approximate surface area is 136 Å². The summed E-state index contributed by atoms with van der Waals surface area (Å²) in [5.41, 5.74) is 5.88. The molecule has 0 fully saturated rings. The fraction of sp³-hybridized carbons (Fsp3) is 0.200. The molecule has 1 aliphatic rings. The van der Waals surface area contributed by atoms with Gasteiger partial charge in [0.15, 0.2) is 29.6 Å². The number of carbonyl (C=O) groups is 2. The molecule has 124 valence electrons. The molecule has 1 aliphatic heterocycles. The highest BCUT2D eigenvalue weighted by molar-refractivity contribution is 5.96. The number of fused-ring (bicyclic) bond motifs is 1. The van der Waals surface area contributed by atoms with Crippen molar-refractivity contribution in [3.8, 4) is 11.5 Å². The van der Waals surface area contributed by atoms with Crippen molar-refractivity contribution in [3.63, 3.8) is 0 Å². The summed E-state index contributed by atoms with van der Waals surface area (Å²) in [5.74, 6) is -0.234. The van der Waals surface area contributed by atoms with Crippen LogP contribution in [0.15, 0.2) is 30.6 Å². The fourth-order valence-corrected chi connectivity index (χ4v) is 2.02. The Morgan fingerprint density at radius 3 is 2.71 bits per heavy atom. The van der Waals surface area contributed by atoms with E-state index in [1.165, 1.54) is 12.4 Å². The molecule has 1 aromatic heterocycles. The average Bonchev–Trinajstić information content (AvgIpc) is 2.60. The molecule has 0 saturated carbocycles. The Morgan fingerprint density at radius 2 is 1.92 bits per heavy atom. The van der Waals surface area contributed by atoms with Crippen molar-refractivity contribution in [2.45, 2.75) is 0 Å². The molecule has 0 unspecified atom stereocenters. The van der Waals surface area contributed by atoms with Crippen molar-refractivity contribution in [2.75, 3.05) is 30.9 Å². The molecule has 9 nitrogen and oxygen atoms in total. The molecule has 0 saturated heterocycles. The van der Waals surface area contributed by atoms with E-state index in [1.54, 1.807) is 18.2 Å². The van der Waals surface area contributed by atoms with Crippen LogP contribution in [0.3, 0.4) is 0 Å². The second-order valence-electron chi connectivity index (χ2n) is 4.77. The number of nitrogens with one attached hydrogen (secondary N) is 1. The first-order valence-corrected chi connectivity index (χ1v) is 7.06. The number of rotatable bonds is 4. The van der Waals surface area contributed by atoms with Crippen molar-refractivity contribution in [2.24, 2.45) is 0 Å². The van der Waals surface area contributed by atoms with Crippen LogP contribution in [0.25, 0.3) is 0 Å². The monoisotopic (exact) mass is 330 g/mol. The lowest BCUT2D eigenvalue weighted by molar-refractivity contribution is -0.119. The van der Waals surface area contributed by atoms with E-state index in [-0.39, 0.29) is 11.5 Å². The highest BCUT2D eigenvalue weighted by Gasteiger charge is 2.16. The quantitative estimate of drug-likeness (QED) is 0.782. The summed E-state index contributed by atoms with van der Waals surface area (Å²) in [5, 5.41) is 2.59. The van der Waals surface area contributed by atoms with Crippen LogP contribution in [0.5, 0.6) is 11.5 Å². The number of esters is 1. The first kappa shape index (κ1) is 15.5. The van der Waals surface area contributed by atoms with Crippen LogP contribution < -0.4 is 20.5 Å². The zero-order valence-corrected chi connectivity index (χ0v) is 12.5. The lowest BCUT2D eigenvalue weighted by Crippen LogP contribution is -2.22. The van der Waals surface area contributed by atoms with E-state index in [2.05, 4.69) is 15.3 Å². The maximum absolute atomic E-state index is 11.9. The van der Waals surface area contributed by atoms with Gasteiger partial charge >= 0.3 is 5.97 Å². The number of hydrogen-bond donors (Lipinski definition) is 2. The number of nitrogen functional groups attached to an aromatic ring is 1. The van der Waals surface area contributed by atoms with E-state index in [4.69, 9.17) is 19.9 Å². The standard InChI is InChI=1S/C15H14N4O5/c16-14-13(17-3-4-18-14)15(21)24-8-12(20)19-9-1-2-10-11(7-9)23-6-5-22-10/h1-4,7H,5-6,8H2,(H2,16,18)(H,19,20). The third kappa shape index (κ3) is 3.51. The number of anilines is 2. The van der Waals surface area contributed by atoms with Crippen LogP contribution in [0.4, 0.5) is 11.5 Å². The molecule has 0 bridgehead atoms. The number of amides is 1. The second-order valence-corrected chi connectivity index (χ2v) is 4.77. The van der Waals surface area contributed by atoms with Crippen molar-refractivity contribution in [1.29, 1.82) is 0 Å². The van der Waals surface area contributed by atoms with Gasteiger partial charge in [0, 0.05) is 24.1 Å². The van der Waals surface area contributed by atoms with E-state index in [0.29, 0.717) is 30.4 Å². The smallest absolute Gasteiger partial charge is 0.361 e. The number of aromatic nitrogens is 2. The molecule has 0 atom stereocenters. The topological polar surface area (TPSA) is 126 Å². The van der Waals surface area contributed by atoms with Gasteiger partial charge < -0.3 is 25.3 Å². The van der Waals surface area contributed by atoms with E-state index in [9.17, 15) is 9.59 Å². The van der Waals surface area contributed by atoms with Gasteiger partial charge in [-0.1, -0.05) is 0 Å². The minimum Gasteiger partial charge on any atom is -0.486 e. The highest BCUT2D eigenvalue weighted by Crippen LogP contribution is 2.32. The van der Waals surface area contributed by atoms with Gasteiger partial charge in [-0.15, -0.1) is 0 Å². The van der Waals surface area contributed by atoms with Crippen LogP contribution in [-0.4, -0.2) is 41.7 Å². The predicted molar refractivity (Wildman–Crippen MR) is 82.8 cm³/mol. The Hall–Kier alpha value is -3.36. The lowest BCUT2D eigenvalue weighted by Gasteiger charge is -2.19. The summed E-state index contributed by atoms with van der Waals surface area (Å²) < 4.78 is 15.7. The first-order valence-electron chi connectivity index (χ1n) is 7.06. The van der Waals surface area contributed by atoms with Gasteiger partial charge in [0.2, 0.25) is 0 Å². The zero-order valence-electron chi connectivity index (χ0n) is 12.5. The van der Waals surface area contributed by atoms with Gasteiger partial charge in [0.05, 0.1) is 0 Å². The summed E-state index contributed by atoms with van der Waals surface area (Å²) in [4.78, 5) is 31.2. The third-order valence-corrected chi connectivity index (χ3v) is 3.08. The first-order chi connectivity index (χ1) is 11.6. The van der Waals surface area contributed by atoms with Gasteiger partial charge in [-0.2, -0.15) is 0 Å². The molecule has 0 radical (unpaired) electrons. The molecule has 24 heavy (non-hydrogen) atoms. The van der Waals surface area contributed by atoms with Gasteiger partial charge in [-0.05, 0) is 12.1 Å². The van der Waals surface area contributed by atoms with E-state index < -0.39 is 18.5 Å². The van der Waals surface area contributed by atoms with Gasteiger partial charge in [0.25, 0.3) is 5.91 Å². The Morgan fingerprint density at radius 1 is 1.17 bits per heavy atom. The summed E-state index contributed by atoms with van der Waals surface area (Å²) in [6.07, 6.45) is 2.66. The van der Waals surface area contributed by atoms with Crippen LogP contribution in [0, 0.1) is 0 Å². The average molecular weight is 330 g/mol. The molecule has 0 aliphatic carbocycles. The SMILES string of the molecule is Nc1nccnc1C(=O)OCC(=O)Nc1ccc2c(c1)OCCO2. The minimum absolute atomic E-state index is 0.0604. The molecular weight excluding hydrogens is 316 g/mol. The predicted octanol–water partition coefficient (Wildman–Crippen LogP) is 0.625. The van der Waals surface area contributed by atoms with Crippen LogP contribution in [-0.2, 0) is 9.53 Å². The van der Waals surface area contributed by atoms with E-state index in [0.717, 1.165) is 0 Å². The number of nitrogens with two attached hydrogens (primary N) is 1. The molecule has 3 rings (SSSR count). The van der Waals surface area contributed by atoms with Crippen molar-refractivity contribution in [3.05, 3.63) is 36.3 Å². The molecule has 1 amide bonds. The largest absolute Gasteiger partial charge is 0.486 e. The van der Waals surface area contributed by atoms with Crippen LogP contribution in [0.2, 0.25) is 0 Å². The zero-order chi connectivity index (χ0) is 16.9. The number of hydrogen-bond acceptors (Lipinski definition) is 8. The van der Waals surface area contributed by atoms with Crippen molar-refractivity contribution >= 4 is 23.4 Å². The Kier molecular flexibility index (Phi) is 4.41. The molecule has 1 aromatic carbocycles. The molecular formula is C15H14N4O5. The molecule has 0 spiro atoms. The Bertz CT molecular complexity index is 780. The number of nitrogens with zero attached hydrogens (tertiary/aromatic N) is 2. The minimum atomic E-state index is -0.821. The molecule has 3 N–H and O–H groups in total. The molecule has 9 heteroatoms. The van der Waals surface area contributed by atoms with Crippen LogP contribution in [0.1, 0.15) is 10.5 Å². The van der Waals surface area contributed by atoms with Gasteiger partial charge in [0.1, 0.15) is 13.2 Å². The Balaban J connectivity index is 1.56. The summed E-state index contributed by atoms with van der Waals surface area (Å²) in [6, 6.07) is 4.99. The van der Waals surface area contributed by atoms with E-state index >= 15 is 0 Å². The second kappa shape index (κ2) is 6.82. The summed E-state index contributed by atoms with van der Waals surface area (Å²) in [6.45, 7) is 0.449. The normalized spacial score (nSPS) is 12.3. The summed E-state index contributed by atoms with van der Waals surface area (Å²) in [7, 11) is 0. The molecule has 2 heterocycles. The summed E-state index contributed by atoms with van der Waals surface area (Å²) >= 11 is 0. The molecule has 2 aromatic rings. The fourth-order valence-electron chi connectivity index (χ4n) is 2.02. The maximum Gasteiger partial charge on any atom is 0.361 e. The third-order valence-electron chi connectivity index (χ3n) is 3.08. The van der Waals surface area contributed by atoms with E-state index in [1.807, 2.05) is 0 Å². The highest BCUT2D eigenvalue weighted by atomic mass is 16.6. The number of carbonyl (C=O) groups excluding carboxylic acids is 2. The number of ether oxygens (including phenoxy) is 3. The van der Waals surface area contributed by atoms with Gasteiger partial charge in [-0.3, -0.25) is 4.79 Å². The number of benzene rings is 1. The van der Waals surface area contributed by atoms with Crippen molar-refractivity contribution < 1.29 is 23.8 Å². The maximum atomic E-state index is 11.9. The van der Waals surface area contributed by atoms with Crippen molar-refractivity contribution in [1.82, 2.24) is 9.97 Å².